The van der Waals surface area contributed by atoms with Crippen molar-refractivity contribution in [2.75, 3.05) is 0 Å². The van der Waals surface area contributed by atoms with Gasteiger partial charge in [0.05, 0.1) is 12.6 Å². The number of imidazole rings is 1. The van der Waals surface area contributed by atoms with Crippen molar-refractivity contribution >= 4 is 17.1 Å². The Morgan fingerprint density at radius 3 is 2.58 bits per heavy atom. The Morgan fingerprint density at radius 1 is 1.10 bits per heavy atom. The van der Waals surface area contributed by atoms with E-state index < -0.39 is 11.2 Å². The molecule has 9 heteroatoms. The number of carbonyl (C=O) groups excluding carboxylic acids is 1. The Morgan fingerprint density at radius 2 is 1.87 bits per heavy atom. The molecule has 1 atom stereocenters. The summed E-state index contributed by atoms with van der Waals surface area (Å²) < 4.78 is 9.60. The molecule has 0 fully saturated rings. The van der Waals surface area contributed by atoms with Gasteiger partial charge in [-0.2, -0.15) is 0 Å². The molecule has 1 aromatic carbocycles. The van der Waals surface area contributed by atoms with Crippen LogP contribution in [0.1, 0.15) is 30.2 Å². The van der Waals surface area contributed by atoms with Crippen LogP contribution in [0, 0.1) is 0 Å². The van der Waals surface area contributed by atoms with E-state index in [1.807, 2.05) is 36.4 Å². The number of hydrogen-bond donors (Lipinski definition) is 1. The van der Waals surface area contributed by atoms with E-state index in [4.69, 9.17) is 4.42 Å². The Hall–Kier alpha value is -3.88. The van der Waals surface area contributed by atoms with Crippen molar-refractivity contribution in [3.05, 3.63) is 87.2 Å². The average molecular weight is 421 g/mol. The summed E-state index contributed by atoms with van der Waals surface area (Å²) >= 11 is 0. The number of aryl methyl sites for hydroxylation is 2. The number of nitrogens with zero attached hydrogens (tertiary/aromatic N) is 4. The van der Waals surface area contributed by atoms with Gasteiger partial charge in [-0.05, 0) is 24.1 Å². The minimum Gasteiger partial charge on any atom is -0.467 e. The van der Waals surface area contributed by atoms with E-state index in [1.165, 1.54) is 17.9 Å². The zero-order chi connectivity index (χ0) is 22.0. The lowest BCUT2D eigenvalue weighted by molar-refractivity contribution is -0.121. The van der Waals surface area contributed by atoms with Crippen molar-refractivity contribution in [2.45, 2.75) is 25.4 Å². The first kappa shape index (κ1) is 20.4. The molecule has 0 saturated heterocycles. The number of furan rings is 1. The lowest BCUT2D eigenvalue weighted by atomic mass is 10.0. The molecule has 1 unspecified atom stereocenters. The second kappa shape index (κ2) is 8.47. The third kappa shape index (κ3) is 3.94. The number of benzene rings is 1. The van der Waals surface area contributed by atoms with Crippen LogP contribution < -0.4 is 16.6 Å². The number of nitrogens with one attached hydrogen (secondary N) is 1. The van der Waals surface area contributed by atoms with E-state index >= 15 is 0 Å². The van der Waals surface area contributed by atoms with E-state index in [-0.39, 0.29) is 18.4 Å². The van der Waals surface area contributed by atoms with Crippen molar-refractivity contribution < 1.29 is 9.21 Å². The van der Waals surface area contributed by atoms with Crippen LogP contribution in [0.3, 0.4) is 0 Å². The lowest BCUT2D eigenvalue weighted by Gasteiger charge is -2.17. The first-order chi connectivity index (χ1) is 15.0. The molecule has 0 saturated carbocycles. The molecule has 1 N–H and O–H groups in total. The van der Waals surface area contributed by atoms with Crippen molar-refractivity contribution in [2.24, 2.45) is 14.1 Å². The fraction of sp³-hybridized carbons (Fsp3) is 0.273. The Labute approximate surface area is 177 Å². The quantitative estimate of drug-likeness (QED) is 0.489. The molecular weight excluding hydrogens is 398 g/mol. The highest BCUT2D eigenvalue weighted by Crippen LogP contribution is 2.22. The monoisotopic (exact) mass is 421 g/mol. The topological polar surface area (TPSA) is 104 Å². The van der Waals surface area contributed by atoms with Gasteiger partial charge >= 0.3 is 5.69 Å². The molecule has 0 radical (unpaired) electrons. The minimum atomic E-state index is -0.424. The van der Waals surface area contributed by atoms with Crippen LogP contribution in [0.15, 0.2) is 69.1 Å². The van der Waals surface area contributed by atoms with Crippen LogP contribution in [0.2, 0.25) is 0 Å². The van der Waals surface area contributed by atoms with Crippen molar-refractivity contribution in [1.29, 1.82) is 0 Å². The SMILES string of the molecule is Cn1c(=O)c2c(ncn2CCCC(=O)NC(c2ccccc2)c2ccco2)n(C)c1=O. The van der Waals surface area contributed by atoms with Crippen LogP contribution in [0.25, 0.3) is 11.2 Å². The molecular formula is C22H23N5O4. The van der Waals surface area contributed by atoms with E-state index in [1.54, 1.807) is 23.9 Å². The third-order valence-corrected chi connectivity index (χ3v) is 5.29. The first-order valence-corrected chi connectivity index (χ1v) is 9.96. The fourth-order valence-electron chi connectivity index (χ4n) is 3.63. The molecule has 4 aromatic rings. The van der Waals surface area contributed by atoms with E-state index in [0.717, 1.165) is 10.1 Å². The zero-order valence-electron chi connectivity index (χ0n) is 17.3. The number of hydrogen-bond acceptors (Lipinski definition) is 5. The highest BCUT2D eigenvalue weighted by molar-refractivity contribution is 5.77. The van der Waals surface area contributed by atoms with Crippen LogP contribution in [-0.2, 0) is 25.4 Å². The number of carbonyl (C=O) groups is 1. The molecule has 0 aliphatic rings. The first-order valence-electron chi connectivity index (χ1n) is 9.96. The molecule has 0 aliphatic heterocycles. The second-order valence-corrected chi connectivity index (χ2v) is 7.35. The summed E-state index contributed by atoms with van der Waals surface area (Å²) in [6, 6.07) is 12.9. The van der Waals surface area contributed by atoms with Crippen molar-refractivity contribution in [3.8, 4) is 0 Å². The van der Waals surface area contributed by atoms with E-state index in [2.05, 4.69) is 10.3 Å². The van der Waals surface area contributed by atoms with Gasteiger partial charge in [-0.25, -0.2) is 9.78 Å². The summed E-state index contributed by atoms with van der Waals surface area (Å²) in [6.07, 6.45) is 3.87. The molecule has 1 amide bonds. The summed E-state index contributed by atoms with van der Waals surface area (Å²) in [7, 11) is 3.01. The molecule has 0 bridgehead atoms. The number of rotatable bonds is 7. The van der Waals surface area contributed by atoms with Gasteiger partial charge < -0.3 is 14.3 Å². The highest BCUT2D eigenvalue weighted by atomic mass is 16.3. The standard InChI is InChI=1S/C22H23N5O4/c1-25-20-19(21(29)26(2)22(25)30)27(14-23-20)12-6-11-17(28)24-18(16-10-7-13-31-16)15-8-4-3-5-9-15/h3-5,7-10,13-14,18H,6,11-12H2,1-2H3,(H,24,28). The van der Waals surface area contributed by atoms with E-state index in [9.17, 15) is 14.4 Å². The largest absolute Gasteiger partial charge is 0.467 e. The minimum absolute atomic E-state index is 0.130. The second-order valence-electron chi connectivity index (χ2n) is 7.35. The summed E-state index contributed by atoms with van der Waals surface area (Å²) in [6.45, 7) is 0.425. The fourth-order valence-corrected chi connectivity index (χ4v) is 3.63. The van der Waals surface area contributed by atoms with E-state index in [0.29, 0.717) is 29.9 Å². The Balaban J connectivity index is 1.46. The number of amides is 1. The molecule has 0 aliphatic carbocycles. The smallest absolute Gasteiger partial charge is 0.332 e. The molecule has 0 spiro atoms. The molecule has 3 heterocycles. The van der Waals surface area contributed by atoms with Gasteiger partial charge in [-0.3, -0.25) is 18.7 Å². The maximum absolute atomic E-state index is 12.6. The van der Waals surface area contributed by atoms with Crippen molar-refractivity contribution in [3.63, 3.8) is 0 Å². The van der Waals surface area contributed by atoms with Gasteiger partial charge in [0.25, 0.3) is 5.56 Å². The Bertz CT molecular complexity index is 1320. The molecule has 3 aromatic heterocycles. The predicted octanol–water partition coefficient (Wildman–Crippen LogP) is 1.71. The maximum atomic E-state index is 12.6. The highest BCUT2D eigenvalue weighted by Gasteiger charge is 2.19. The average Bonchev–Trinajstić information content (AvgIpc) is 3.46. The van der Waals surface area contributed by atoms with Gasteiger partial charge in [0.15, 0.2) is 11.2 Å². The maximum Gasteiger partial charge on any atom is 0.332 e. The van der Waals surface area contributed by atoms with Crippen LogP contribution >= 0.6 is 0 Å². The summed E-state index contributed by atoms with van der Waals surface area (Å²) in [4.78, 5) is 41.4. The van der Waals surface area contributed by atoms with Crippen LogP contribution in [0.5, 0.6) is 0 Å². The Kier molecular flexibility index (Phi) is 5.57. The van der Waals surface area contributed by atoms with Crippen molar-refractivity contribution in [1.82, 2.24) is 24.0 Å². The summed E-state index contributed by atoms with van der Waals surface area (Å²) in [5, 5.41) is 3.02. The third-order valence-electron chi connectivity index (χ3n) is 5.29. The summed E-state index contributed by atoms with van der Waals surface area (Å²) in [5.41, 5.74) is 0.784. The zero-order valence-corrected chi connectivity index (χ0v) is 17.3. The van der Waals surface area contributed by atoms with Crippen LogP contribution in [0.4, 0.5) is 0 Å². The lowest BCUT2D eigenvalue weighted by Crippen LogP contribution is -2.37. The predicted molar refractivity (Wildman–Crippen MR) is 115 cm³/mol. The van der Waals surface area contributed by atoms with Gasteiger partial charge in [-0.15, -0.1) is 0 Å². The number of fused-ring (bicyclic) bond motifs is 1. The number of aromatic nitrogens is 4. The van der Waals surface area contributed by atoms with Gasteiger partial charge in [0.2, 0.25) is 5.91 Å². The van der Waals surface area contributed by atoms with Gasteiger partial charge in [-0.1, -0.05) is 30.3 Å². The van der Waals surface area contributed by atoms with Crippen LogP contribution in [-0.4, -0.2) is 24.6 Å². The molecule has 160 valence electrons. The molecule has 4 rings (SSSR count). The molecule has 31 heavy (non-hydrogen) atoms. The summed E-state index contributed by atoms with van der Waals surface area (Å²) in [5.74, 6) is 0.527. The normalized spacial score (nSPS) is 12.2. The van der Waals surface area contributed by atoms with Gasteiger partial charge in [0.1, 0.15) is 11.8 Å². The molecule has 9 nitrogen and oxygen atoms in total. The van der Waals surface area contributed by atoms with Gasteiger partial charge in [0, 0.05) is 27.1 Å².